The predicted octanol–water partition coefficient (Wildman–Crippen LogP) is 3.43. The molecule has 4 rings (SSSR count). The highest BCUT2D eigenvalue weighted by atomic mass is 35.5. The normalized spacial score (nSPS) is 18.0. The number of nitrogens with zero attached hydrogens (tertiary/aromatic N) is 2. The summed E-state index contributed by atoms with van der Waals surface area (Å²) in [6.45, 7) is 4.87. The van der Waals surface area contributed by atoms with Crippen LogP contribution in [0, 0.1) is 0 Å². The van der Waals surface area contributed by atoms with Gasteiger partial charge in [0.05, 0.1) is 15.6 Å². The lowest BCUT2D eigenvalue weighted by molar-refractivity contribution is 0.102. The molecule has 1 heterocycles. The van der Waals surface area contributed by atoms with Crippen LogP contribution in [0.5, 0.6) is 0 Å². The topological polar surface area (TPSA) is 81.8 Å². The fourth-order valence-electron chi connectivity index (χ4n) is 3.60. The summed E-state index contributed by atoms with van der Waals surface area (Å²) in [4.78, 5) is 17.5. The largest absolute Gasteiger partial charge is 0.322 e. The highest BCUT2D eigenvalue weighted by molar-refractivity contribution is 7.89. The molecule has 2 N–H and O–H groups in total. The number of nitrogens with one attached hydrogen (secondary N) is 2. The molecule has 2 aliphatic rings. The van der Waals surface area contributed by atoms with Crippen molar-refractivity contribution in [2.75, 3.05) is 38.5 Å². The van der Waals surface area contributed by atoms with Crippen molar-refractivity contribution >= 4 is 44.8 Å². The number of anilines is 1. The summed E-state index contributed by atoms with van der Waals surface area (Å²) in [6.07, 6.45) is 1.59. The molecule has 2 aromatic rings. The van der Waals surface area contributed by atoms with Crippen molar-refractivity contribution in [2.24, 2.45) is 0 Å². The average molecular weight is 497 g/mol. The smallest absolute Gasteiger partial charge is 0.257 e. The van der Waals surface area contributed by atoms with Crippen LogP contribution in [-0.4, -0.2) is 63.4 Å². The van der Waals surface area contributed by atoms with Gasteiger partial charge < -0.3 is 10.2 Å². The number of hydrogen-bond acceptors (Lipinski definition) is 5. The van der Waals surface area contributed by atoms with Crippen LogP contribution in [0.2, 0.25) is 10.0 Å². The number of halogens is 2. The van der Waals surface area contributed by atoms with Gasteiger partial charge >= 0.3 is 0 Å². The number of hydrogen-bond donors (Lipinski definition) is 2. The molecule has 1 saturated heterocycles. The third-order valence-electron chi connectivity index (χ3n) is 5.64. The first-order valence-electron chi connectivity index (χ1n) is 10.5. The minimum absolute atomic E-state index is 0.0196. The second kappa shape index (κ2) is 9.67. The summed E-state index contributed by atoms with van der Waals surface area (Å²) < 4.78 is 27.8. The van der Waals surface area contributed by atoms with Gasteiger partial charge in [-0.25, -0.2) is 13.1 Å². The lowest BCUT2D eigenvalue weighted by Gasteiger charge is -2.32. The molecule has 10 heteroatoms. The minimum Gasteiger partial charge on any atom is -0.322 e. The van der Waals surface area contributed by atoms with E-state index in [1.807, 2.05) is 18.2 Å². The molecule has 1 aliphatic heterocycles. The molecule has 2 fully saturated rings. The van der Waals surface area contributed by atoms with Crippen LogP contribution >= 0.6 is 23.2 Å². The summed E-state index contributed by atoms with van der Waals surface area (Å²) in [6, 6.07) is 10.1. The van der Waals surface area contributed by atoms with E-state index in [0.717, 1.165) is 51.1 Å². The molecule has 32 heavy (non-hydrogen) atoms. The van der Waals surface area contributed by atoms with Gasteiger partial charge in [-0.2, -0.15) is 0 Å². The zero-order valence-corrected chi connectivity index (χ0v) is 20.1. The molecule has 0 unspecified atom stereocenters. The molecule has 0 bridgehead atoms. The van der Waals surface area contributed by atoms with E-state index in [9.17, 15) is 13.2 Å². The van der Waals surface area contributed by atoms with E-state index < -0.39 is 15.9 Å². The Labute approximate surface area is 198 Å². The van der Waals surface area contributed by atoms with Crippen LogP contribution in [0.1, 0.15) is 28.8 Å². The third-order valence-corrected chi connectivity index (χ3v) is 7.94. The Morgan fingerprint density at radius 3 is 2.47 bits per heavy atom. The standard InChI is InChI=1S/C22H26Cl2N4O3S/c1-27-7-9-28(10-8-27)14-15-3-2-4-17(11-15)25-22(29)18-12-21(20(24)13-19(18)23)32(30,31)26-16-5-6-16/h2-4,11-13,16,26H,5-10,14H2,1H3,(H,25,29). The van der Waals surface area contributed by atoms with Crippen LogP contribution in [-0.2, 0) is 16.6 Å². The Kier molecular flexibility index (Phi) is 7.09. The maximum absolute atomic E-state index is 12.9. The van der Waals surface area contributed by atoms with Gasteiger partial charge in [-0.05, 0) is 49.7 Å². The van der Waals surface area contributed by atoms with Gasteiger partial charge in [0.25, 0.3) is 5.91 Å². The summed E-state index contributed by atoms with van der Waals surface area (Å²) in [7, 11) is -1.71. The fraction of sp³-hybridized carbons (Fsp3) is 0.409. The summed E-state index contributed by atoms with van der Waals surface area (Å²) >= 11 is 12.4. The zero-order chi connectivity index (χ0) is 22.9. The number of benzene rings is 2. The van der Waals surface area contributed by atoms with E-state index in [1.54, 1.807) is 6.07 Å². The molecule has 0 radical (unpaired) electrons. The van der Waals surface area contributed by atoms with Crippen molar-refractivity contribution in [3.05, 3.63) is 57.6 Å². The lowest BCUT2D eigenvalue weighted by atomic mass is 10.1. The maximum atomic E-state index is 12.9. The number of likely N-dealkylation sites (N-methyl/N-ethyl adjacent to an activating group) is 1. The van der Waals surface area contributed by atoms with Gasteiger partial charge in [-0.15, -0.1) is 0 Å². The lowest BCUT2D eigenvalue weighted by Crippen LogP contribution is -2.43. The van der Waals surface area contributed by atoms with Crippen molar-refractivity contribution in [2.45, 2.75) is 30.3 Å². The van der Waals surface area contributed by atoms with Gasteiger partial charge in [0.2, 0.25) is 10.0 Å². The summed E-state index contributed by atoms with van der Waals surface area (Å²) in [5, 5.41) is 2.90. The van der Waals surface area contributed by atoms with E-state index in [0.29, 0.717) is 5.69 Å². The van der Waals surface area contributed by atoms with E-state index in [2.05, 4.69) is 26.9 Å². The number of carbonyl (C=O) groups excluding carboxylic acids is 1. The van der Waals surface area contributed by atoms with Crippen LogP contribution < -0.4 is 10.0 Å². The Hall–Kier alpha value is -1.68. The van der Waals surface area contributed by atoms with Crippen molar-refractivity contribution in [3.63, 3.8) is 0 Å². The molecule has 1 aliphatic carbocycles. The van der Waals surface area contributed by atoms with Crippen LogP contribution in [0.15, 0.2) is 41.3 Å². The van der Waals surface area contributed by atoms with Crippen molar-refractivity contribution < 1.29 is 13.2 Å². The molecular formula is C22H26Cl2N4O3S. The third kappa shape index (κ3) is 5.81. The first-order valence-corrected chi connectivity index (χ1v) is 12.8. The van der Waals surface area contributed by atoms with E-state index in [-0.39, 0.29) is 26.5 Å². The first kappa shape index (κ1) is 23.5. The summed E-state index contributed by atoms with van der Waals surface area (Å²) in [5.41, 5.74) is 1.76. The fourth-order valence-corrected chi connectivity index (χ4v) is 5.77. The zero-order valence-electron chi connectivity index (χ0n) is 17.8. The van der Waals surface area contributed by atoms with Gasteiger partial charge in [-0.3, -0.25) is 9.69 Å². The van der Waals surface area contributed by atoms with E-state index in [4.69, 9.17) is 23.2 Å². The minimum atomic E-state index is -3.83. The molecule has 172 valence electrons. The van der Waals surface area contributed by atoms with E-state index >= 15 is 0 Å². The molecule has 7 nitrogen and oxygen atoms in total. The second-order valence-corrected chi connectivity index (χ2v) is 10.9. The van der Waals surface area contributed by atoms with Gasteiger partial charge in [-0.1, -0.05) is 35.3 Å². The molecule has 2 aromatic carbocycles. The van der Waals surface area contributed by atoms with Crippen molar-refractivity contribution in [3.8, 4) is 0 Å². The number of sulfonamides is 1. The van der Waals surface area contributed by atoms with Crippen molar-refractivity contribution in [1.29, 1.82) is 0 Å². The van der Waals surface area contributed by atoms with Crippen LogP contribution in [0.4, 0.5) is 5.69 Å². The Bertz CT molecular complexity index is 1110. The molecule has 0 aromatic heterocycles. The Morgan fingerprint density at radius 1 is 1.06 bits per heavy atom. The number of amides is 1. The van der Waals surface area contributed by atoms with Gasteiger partial charge in [0, 0.05) is 44.5 Å². The van der Waals surface area contributed by atoms with E-state index in [1.165, 1.54) is 12.1 Å². The SMILES string of the molecule is CN1CCN(Cc2cccc(NC(=O)c3cc(S(=O)(=O)NC4CC4)c(Cl)cc3Cl)c2)CC1. The molecule has 1 saturated carbocycles. The molecule has 0 atom stereocenters. The molecular weight excluding hydrogens is 471 g/mol. The van der Waals surface area contributed by atoms with Crippen LogP contribution in [0.25, 0.3) is 0 Å². The number of rotatable bonds is 7. The number of carbonyl (C=O) groups is 1. The molecule has 0 spiro atoms. The highest BCUT2D eigenvalue weighted by Crippen LogP contribution is 2.31. The van der Waals surface area contributed by atoms with Gasteiger partial charge in [0.15, 0.2) is 0 Å². The van der Waals surface area contributed by atoms with Crippen LogP contribution in [0.3, 0.4) is 0 Å². The maximum Gasteiger partial charge on any atom is 0.257 e. The second-order valence-electron chi connectivity index (χ2n) is 8.39. The van der Waals surface area contributed by atoms with Crippen molar-refractivity contribution in [1.82, 2.24) is 14.5 Å². The quantitative estimate of drug-likeness (QED) is 0.613. The molecule has 1 amide bonds. The first-order chi connectivity index (χ1) is 15.2. The van der Waals surface area contributed by atoms with Gasteiger partial charge in [0.1, 0.15) is 4.90 Å². The number of piperazine rings is 1. The Morgan fingerprint density at radius 2 is 1.78 bits per heavy atom. The summed E-state index contributed by atoms with van der Waals surface area (Å²) in [5.74, 6) is -0.494. The Balaban J connectivity index is 1.49. The predicted molar refractivity (Wildman–Crippen MR) is 127 cm³/mol. The monoisotopic (exact) mass is 496 g/mol. The average Bonchev–Trinajstić information content (AvgIpc) is 3.53. The highest BCUT2D eigenvalue weighted by Gasteiger charge is 2.30.